The number of aromatic nitrogens is 2. The minimum atomic E-state index is 0.514. The maximum atomic E-state index is 6.10. The summed E-state index contributed by atoms with van der Waals surface area (Å²) in [7, 11) is 0. The van der Waals surface area contributed by atoms with Crippen LogP contribution in [0.3, 0.4) is 0 Å². The molecule has 5 heteroatoms. The molecule has 0 amide bonds. The van der Waals surface area contributed by atoms with Gasteiger partial charge in [-0.25, -0.2) is 4.98 Å². The van der Waals surface area contributed by atoms with Crippen molar-refractivity contribution >= 4 is 11.5 Å². The van der Waals surface area contributed by atoms with E-state index in [1.807, 2.05) is 0 Å². The topological polar surface area (TPSA) is 64.3 Å². The van der Waals surface area contributed by atoms with Crippen molar-refractivity contribution in [1.82, 2.24) is 9.97 Å². The zero-order chi connectivity index (χ0) is 13.0. The number of hydrogen-bond acceptors (Lipinski definition) is 5. The predicted molar refractivity (Wildman–Crippen MR) is 72.8 cm³/mol. The van der Waals surface area contributed by atoms with Gasteiger partial charge in [0.2, 0.25) is 5.88 Å². The van der Waals surface area contributed by atoms with Gasteiger partial charge in [-0.05, 0) is 25.2 Å². The van der Waals surface area contributed by atoms with Gasteiger partial charge in [0.1, 0.15) is 12.0 Å². The molecular formula is C13H22N4O. The zero-order valence-corrected chi connectivity index (χ0v) is 11.2. The third-order valence-corrected chi connectivity index (χ3v) is 3.35. The van der Waals surface area contributed by atoms with Gasteiger partial charge in [-0.15, -0.1) is 0 Å². The van der Waals surface area contributed by atoms with Gasteiger partial charge in [-0.2, -0.15) is 4.98 Å². The van der Waals surface area contributed by atoms with Crippen LogP contribution < -0.4 is 15.4 Å². The van der Waals surface area contributed by atoms with E-state index >= 15 is 0 Å². The Labute approximate surface area is 108 Å². The van der Waals surface area contributed by atoms with E-state index in [0.29, 0.717) is 18.2 Å². The minimum Gasteiger partial charge on any atom is -0.476 e. The van der Waals surface area contributed by atoms with Crippen LogP contribution in [-0.4, -0.2) is 29.7 Å². The van der Waals surface area contributed by atoms with Crippen molar-refractivity contribution in [1.29, 1.82) is 0 Å². The molecular weight excluding hydrogens is 228 g/mol. The van der Waals surface area contributed by atoms with E-state index in [0.717, 1.165) is 31.2 Å². The Bertz CT molecular complexity index is 389. The van der Waals surface area contributed by atoms with E-state index in [1.165, 1.54) is 19.2 Å². The maximum absolute atomic E-state index is 6.10. The van der Waals surface area contributed by atoms with Gasteiger partial charge in [0.25, 0.3) is 0 Å². The first-order valence-corrected chi connectivity index (χ1v) is 6.70. The lowest BCUT2D eigenvalue weighted by Crippen LogP contribution is -2.34. The van der Waals surface area contributed by atoms with Crippen molar-refractivity contribution in [3.05, 3.63) is 6.33 Å². The predicted octanol–water partition coefficient (Wildman–Crippen LogP) is 2.08. The average Bonchev–Trinajstić information content (AvgIpc) is 2.39. The highest BCUT2D eigenvalue weighted by molar-refractivity contribution is 5.67. The Kier molecular flexibility index (Phi) is 4.23. The second kappa shape index (κ2) is 5.89. The van der Waals surface area contributed by atoms with Crippen molar-refractivity contribution in [3.63, 3.8) is 0 Å². The number of piperidine rings is 1. The summed E-state index contributed by atoms with van der Waals surface area (Å²) >= 11 is 0. The SMILES string of the molecule is CCCOc1ncnc(N2CCC(C)CC2)c1N. The highest BCUT2D eigenvalue weighted by Gasteiger charge is 2.20. The molecule has 0 spiro atoms. The smallest absolute Gasteiger partial charge is 0.242 e. The average molecular weight is 250 g/mol. The highest BCUT2D eigenvalue weighted by Crippen LogP contribution is 2.30. The molecule has 1 aromatic rings. The molecule has 0 atom stereocenters. The summed E-state index contributed by atoms with van der Waals surface area (Å²) in [6.45, 7) is 7.00. The summed E-state index contributed by atoms with van der Waals surface area (Å²) in [5.41, 5.74) is 6.67. The molecule has 1 aliphatic heterocycles. The number of ether oxygens (including phenoxy) is 1. The monoisotopic (exact) mass is 250 g/mol. The first kappa shape index (κ1) is 12.9. The van der Waals surface area contributed by atoms with Crippen LogP contribution in [0.4, 0.5) is 11.5 Å². The van der Waals surface area contributed by atoms with Crippen LogP contribution in [0.1, 0.15) is 33.1 Å². The molecule has 0 bridgehead atoms. The molecule has 2 N–H and O–H groups in total. The van der Waals surface area contributed by atoms with Gasteiger partial charge in [0, 0.05) is 13.1 Å². The molecule has 0 radical (unpaired) electrons. The van der Waals surface area contributed by atoms with Gasteiger partial charge in [-0.3, -0.25) is 0 Å². The molecule has 5 nitrogen and oxygen atoms in total. The summed E-state index contributed by atoms with van der Waals surface area (Å²) < 4.78 is 5.54. The van der Waals surface area contributed by atoms with E-state index in [4.69, 9.17) is 10.5 Å². The summed E-state index contributed by atoms with van der Waals surface area (Å²) in [5.74, 6) is 2.13. The van der Waals surface area contributed by atoms with Gasteiger partial charge >= 0.3 is 0 Å². The fourth-order valence-corrected chi connectivity index (χ4v) is 2.16. The van der Waals surface area contributed by atoms with Crippen LogP contribution in [0.15, 0.2) is 6.33 Å². The minimum absolute atomic E-state index is 0.514. The van der Waals surface area contributed by atoms with Crippen molar-refractivity contribution in [2.24, 2.45) is 5.92 Å². The normalized spacial score (nSPS) is 16.9. The van der Waals surface area contributed by atoms with Gasteiger partial charge < -0.3 is 15.4 Å². The van der Waals surface area contributed by atoms with Crippen LogP contribution in [0.25, 0.3) is 0 Å². The zero-order valence-electron chi connectivity index (χ0n) is 11.2. The number of nitrogens with two attached hydrogens (primary N) is 1. The Morgan fingerprint density at radius 3 is 2.78 bits per heavy atom. The third-order valence-electron chi connectivity index (χ3n) is 3.35. The van der Waals surface area contributed by atoms with Gasteiger partial charge in [-0.1, -0.05) is 13.8 Å². The molecule has 0 saturated carbocycles. The summed E-state index contributed by atoms with van der Waals surface area (Å²) in [5, 5.41) is 0. The summed E-state index contributed by atoms with van der Waals surface area (Å²) in [6.07, 6.45) is 4.86. The van der Waals surface area contributed by atoms with Crippen LogP contribution in [0.2, 0.25) is 0 Å². The van der Waals surface area contributed by atoms with Crippen LogP contribution >= 0.6 is 0 Å². The van der Waals surface area contributed by atoms with Crippen LogP contribution in [-0.2, 0) is 0 Å². The summed E-state index contributed by atoms with van der Waals surface area (Å²) in [4.78, 5) is 10.6. The van der Waals surface area contributed by atoms with E-state index in [1.54, 1.807) is 0 Å². The molecule has 0 aromatic carbocycles. The summed E-state index contributed by atoms with van der Waals surface area (Å²) in [6, 6.07) is 0. The highest BCUT2D eigenvalue weighted by atomic mass is 16.5. The van der Waals surface area contributed by atoms with E-state index in [2.05, 4.69) is 28.7 Å². The number of anilines is 2. The second-order valence-corrected chi connectivity index (χ2v) is 4.93. The molecule has 100 valence electrons. The first-order valence-electron chi connectivity index (χ1n) is 6.70. The Morgan fingerprint density at radius 2 is 2.11 bits per heavy atom. The van der Waals surface area contributed by atoms with E-state index < -0.39 is 0 Å². The lowest BCUT2D eigenvalue weighted by atomic mass is 9.99. The van der Waals surface area contributed by atoms with Crippen molar-refractivity contribution < 1.29 is 4.74 Å². The quantitative estimate of drug-likeness (QED) is 0.886. The fourth-order valence-electron chi connectivity index (χ4n) is 2.16. The molecule has 1 aliphatic rings. The molecule has 1 aromatic heterocycles. The van der Waals surface area contributed by atoms with E-state index in [-0.39, 0.29) is 0 Å². The number of hydrogen-bond donors (Lipinski definition) is 1. The molecule has 0 unspecified atom stereocenters. The molecule has 2 heterocycles. The van der Waals surface area contributed by atoms with Gasteiger partial charge in [0.15, 0.2) is 5.82 Å². The van der Waals surface area contributed by atoms with Crippen molar-refractivity contribution in [3.8, 4) is 5.88 Å². The first-order chi connectivity index (χ1) is 8.72. The molecule has 0 aliphatic carbocycles. The van der Waals surface area contributed by atoms with E-state index in [9.17, 15) is 0 Å². The van der Waals surface area contributed by atoms with Crippen molar-refractivity contribution in [2.45, 2.75) is 33.1 Å². The number of nitrogens with zero attached hydrogens (tertiary/aromatic N) is 3. The molecule has 2 rings (SSSR count). The number of rotatable bonds is 4. The second-order valence-electron chi connectivity index (χ2n) is 4.93. The van der Waals surface area contributed by atoms with Crippen LogP contribution in [0, 0.1) is 5.92 Å². The molecule has 1 fully saturated rings. The maximum Gasteiger partial charge on any atom is 0.242 e. The molecule has 1 saturated heterocycles. The Morgan fingerprint density at radius 1 is 1.39 bits per heavy atom. The van der Waals surface area contributed by atoms with Gasteiger partial charge in [0.05, 0.1) is 6.61 Å². The lowest BCUT2D eigenvalue weighted by molar-refractivity contribution is 0.306. The lowest BCUT2D eigenvalue weighted by Gasteiger charge is -2.31. The Balaban J connectivity index is 2.12. The largest absolute Gasteiger partial charge is 0.476 e. The molecule has 18 heavy (non-hydrogen) atoms. The Hall–Kier alpha value is -1.52. The third kappa shape index (κ3) is 2.83. The fraction of sp³-hybridized carbons (Fsp3) is 0.692. The van der Waals surface area contributed by atoms with Crippen LogP contribution in [0.5, 0.6) is 5.88 Å². The van der Waals surface area contributed by atoms with Crippen molar-refractivity contribution in [2.75, 3.05) is 30.3 Å². The number of nitrogen functional groups attached to an aromatic ring is 1. The standard InChI is InChI=1S/C13H22N4O/c1-3-8-18-13-11(14)12(15-9-16-13)17-6-4-10(2)5-7-17/h9-10H,3-8,14H2,1-2H3.